The van der Waals surface area contributed by atoms with Crippen molar-refractivity contribution in [1.29, 1.82) is 0 Å². The molecule has 0 spiro atoms. The van der Waals surface area contributed by atoms with E-state index in [1.165, 1.54) is 5.39 Å². The molecule has 0 heterocycles. The molecule has 0 aliphatic heterocycles. The molecule has 2 heteroatoms. The Balaban J connectivity index is 2.23. The van der Waals surface area contributed by atoms with Crippen LogP contribution in [0.4, 0.5) is 0 Å². The lowest BCUT2D eigenvalue weighted by Crippen LogP contribution is -2.10. The highest BCUT2D eigenvalue weighted by molar-refractivity contribution is 5.83. The SMILES string of the molecule is COC(C)CC(O)c1ccc2ccccc2c1. The maximum atomic E-state index is 10.1. The Hall–Kier alpha value is -1.38. The fourth-order valence-corrected chi connectivity index (χ4v) is 1.96. The van der Waals surface area contributed by atoms with Crippen molar-refractivity contribution in [2.45, 2.75) is 25.6 Å². The molecule has 2 atom stereocenters. The lowest BCUT2D eigenvalue weighted by atomic mass is 10.0. The zero-order chi connectivity index (χ0) is 12.3. The maximum Gasteiger partial charge on any atom is 0.0814 e. The number of methoxy groups -OCH3 is 1. The van der Waals surface area contributed by atoms with Gasteiger partial charge in [0.1, 0.15) is 0 Å². The summed E-state index contributed by atoms with van der Waals surface area (Å²) in [6, 6.07) is 14.2. The fraction of sp³-hybridized carbons (Fsp3) is 0.333. The number of aliphatic hydroxyl groups is 1. The Kier molecular flexibility index (Phi) is 3.77. The quantitative estimate of drug-likeness (QED) is 0.873. The van der Waals surface area contributed by atoms with Gasteiger partial charge in [-0.25, -0.2) is 0 Å². The summed E-state index contributed by atoms with van der Waals surface area (Å²) in [4.78, 5) is 0. The van der Waals surface area contributed by atoms with Gasteiger partial charge >= 0.3 is 0 Å². The van der Waals surface area contributed by atoms with E-state index in [1.807, 2.05) is 37.3 Å². The molecule has 2 nitrogen and oxygen atoms in total. The van der Waals surface area contributed by atoms with Gasteiger partial charge < -0.3 is 9.84 Å². The van der Waals surface area contributed by atoms with Crippen LogP contribution < -0.4 is 0 Å². The number of benzene rings is 2. The first-order valence-electron chi connectivity index (χ1n) is 5.90. The Morgan fingerprint density at radius 2 is 1.82 bits per heavy atom. The predicted molar refractivity (Wildman–Crippen MR) is 70.0 cm³/mol. The molecule has 0 saturated carbocycles. The standard InChI is InChI=1S/C15H18O2/c1-11(17-2)9-15(16)14-8-7-12-5-3-4-6-13(12)10-14/h3-8,10-11,15-16H,9H2,1-2H3. The van der Waals surface area contributed by atoms with Gasteiger partial charge in [-0.3, -0.25) is 0 Å². The molecule has 17 heavy (non-hydrogen) atoms. The molecule has 2 aromatic carbocycles. The van der Waals surface area contributed by atoms with Crippen molar-refractivity contribution in [3.8, 4) is 0 Å². The minimum absolute atomic E-state index is 0.0662. The van der Waals surface area contributed by atoms with E-state index in [1.54, 1.807) is 7.11 Å². The van der Waals surface area contributed by atoms with Crippen LogP contribution in [0.15, 0.2) is 42.5 Å². The highest BCUT2D eigenvalue weighted by Gasteiger charge is 2.12. The Labute approximate surface area is 102 Å². The molecular weight excluding hydrogens is 212 g/mol. The van der Waals surface area contributed by atoms with E-state index >= 15 is 0 Å². The van der Waals surface area contributed by atoms with Gasteiger partial charge in [-0.2, -0.15) is 0 Å². The second-order valence-corrected chi connectivity index (χ2v) is 4.40. The predicted octanol–water partition coefficient (Wildman–Crippen LogP) is 3.30. The second-order valence-electron chi connectivity index (χ2n) is 4.40. The summed E-state index contributed by atoms with van der Waals surface area (Å²) in [5.74, 6) is 0. The van der Waals surface area contributed by atoms with Crippen LogP contribution in [0.3, 0.4) is 0 Å². The first kappa shape index (κ1) is 12.1. The molecule has 0 saturated heterocycles. The van der Waals surface area contributed by atoms with Gasteiger partial charge in [0.2, 0.25) is 0 Å². The van der Waals surface area contributed by atoms with E-state index in [9.17, 15) is 5.11 Å². The Morgan fingerprint density at radius 1 is 1.12 bits per heavy atom. The van der Waals surface area contributed by atoms with Gasteiger partial charge in [-0.1, -0.05) is 36.4 Å². The van der Waals surface area contributed by atoms with Crippen LogP contribution in [0.2, 0.25) is 0 Å². The highest BCUT2D eigenvalue weighted by Crippen LogP contribution is 2.23. The summed E-state index contributed by atoms with van der Waals surface area (Å²) in [7, 11) is 1.66. The largest absolute Gasteiger partial charge is 0.388 e. The number of fused-ring (bicyclic) bond motifs is 1. The maximum absolute atomic E-state index is 10.1. The lowest BCUT2D eigenvalue weighted by Gasteiger charge is -2.16. The molecule has 2 aromatic rings. The van der Waals surface area contributed by atoms with E-state index in [4.69, 9.17) is 4.74 Å². The first-order valence-corrected chi connectivity index (χ1v) is 5.90. The van der Waals surface area contributed by atoms with Crippen molar-refractivity contribution >= 4 is 10.8 Å². The average Bonchev–Trinajstić information content (AvgIpc) is 2.38. The lowest BCUT2D eigenvalue weighted by molar-refractivity contribution is 0.0560. The van der Waals surface area contributed by atoms with Crippen LogP contribution in [0.25, 0.3) is 10.8 Å². The van der Waals surface area contributed by atoms with Crippen molar-refractivity contribution in [3.05, 3.63) is 48.0 Å². The summed E-state index contributed by atoms with van der Waals surface area (Å²) in [6.07, 6.45) is 0.223. The summed E-state index contributed by atoms with van der Waals surface area (Å²) in [5, 5.41) is 12.5. The third-order valence-electron chi connectivity index (χ3n) is 3.12. The molecule has 2 rings (SSSR count). The molecule has 90 valence electrons. The molecule has 2 unspecified atom stereocenters. The summed E-state index contributed by atoms with van der Waals surface area (Å²) >= 11 is 0. The van der Waals surface area contributed by atoms with E-state index in [0.717, 1.165) is 10.9 Å². The number of rotatable bonds is 4. The van der Waals surface area contributed by atoms with Crippen molar-refractivity contribution in [3.63, 3.8) is 0 Å². The van der Waals surface area contributed by atoms with Gasteiger partial charge in [0.15, 0.2) is 0 Å². The third-order valence-corrected chi connectivity index (χ3v) is 3.12. The van der Waals surface area contributed by atoms with E-state index in [0.29, 0.717) is 6.42 Å². The van der Waals surface area contributed by atoms with Gasteiger partial charge in [0.25, 0.3) is 0 Å². The fourth-order valence-electron chi connectivity index (χ4n) is 1.96. The zero-order valence-corrected chi connectivity index (χ0v) is 10.3. The van der Waals surface area contributed by atoms with Crippen LogP contribution in [-0.4, -0.2) is 18.3 Å². The van der Waals surface area contributed by atoms with E-state index in [2.05, 4.69) is 12.1 Å². The molecule has 0 radical (unpaired) electrons. The minimum Gasteiger partial charge on any atom is -0.388 e. The van der Waals surface area contributed by atoms with Gasteiger partial charge in [-0.05, 0) is 29.3 Å². The first-order chi connectivity index (χ1) is 8.20. The zero-order valence-electron chi connectivity index (χ0n) is 10.3. The molecule has 0 aromatic heterocycles. The molecule has 0 amide bonds. The van der Waals surface area contributed by atoms with Crippen LogP contribution >= 0.6 is 0 Å². The van der Waals surface area contributed by atoms with E-state index in [-0.39, 0.29) is 6.10 Å². The summed E-state index contributed by atoms with van der Waals surface area (Å²) in [6.45, 7) is 1.96. The highest BCUT2D eigenvalue weighted by atomic mass is 16.5. The van der Waals surface area contributed by atoms with Crippen molar-refractivity contribution < 1.29 is 9.84 Å². The second kappa shape index (κ2) is 5.30. The number of ether oxygens (including phenoxy) is 1. The van der Waals surface area contributed by atoms with Crippen molar-refractivity contribution in [1.82, 2.24) is 0 Å². The van der Waals surface area contributed by atoms with Gasteiger partial charge in [0, 0.05) is 13.5 Å². The van der Waals surface area contributed by atoms with Crippen LogP contribution in [0, 0.1) is 0 Å². The van der Waals surface area contributed by atoms with Gasteiger partial charge in [0.05, 0.1) is 12.2 Å². The molecule has 0 fully saturated rings. The normalized spacial score (nSPS) is 14.8. The topological polar surface area (TPSA) is 29.5 Å². The molecule has 0 bridgehead atoms. The van der Waals surface area contributed by atoms with Crippen LogP contribution in [0.5, 0.6) is 0 Å². The Morgan fingerprint density at radius 3 is 2.53 bits per heavy atom. The van der Waals surface area contributed by atoms with Crippen LogP contribution in [-0.2, 0) is 4.74 Å². The average molecular weight is 230 g/mol. The third kappa shape index (κ3) is 2.84. The van der Waals surface area contributed by atoms with E-state index < -0.39 is 6.10 Å². The molecular formula is C15H18O2. The molecule has 0 aliphatic rings. The Bertz CT molecular complexity index is 493. The van der Waals surface area contributed by atoms with Crippen LogP contribution in [0.1, 0.15) is 25.0 Å². The minimum atomic E-state index is -0.463. The summed E-state index contributed by atoms with van der Waals surface area (Å²) < 4.78 is 5.17. The summed E-state index contributed by atoms with van der Waals surface area (Å²) in [5.41, 5.74) is 0.951. The van der Waals surface area contributed by atoms with Crippen molar-refractivity contribution in [2.24, 2.45) is 0 Å². The monoisotopic (exact) mass is 230 g/mol. The molecule has 0 aliphatic carbocycles. The number of hydrogen-bond donors (Lipinski definition) is 1. The number of hydrogen-bond acceptors (Lipinski definition) is 2. The van der Waals surface area contributed by atoms with Gasteiger partial charge in [-0.15, -0.1) is 0 Å². The smallest absolute Gasteiger partial charge is 0.0814 e. The number of aliphatic hydroxyl groups excluding tert-OH is 1. The molecule has 1 N–H and O–H groups in total. The van der Waals surface area contributed by atoms with Crippen molar-refractivity contribution in [2.75, 3.05) is 7.11 Å².